The Morgan fingerprint density at radius 2 is 1.91 bits per heavy atom. The second kappa shape index (κ2) is 7.82. The van der Waals surface area contributed by atoms with E-state index < -0.39 is 0 Å². The van der Waals surface area contributed by atoms with Crippen LogP contribution in [0.4, 0.5) is 5.69 Å². The van der Waals surface area contributed by atoms with Crippen LogP contribution in [0.25, 0.3) is 0 Å². The van der Waals surface area contributed by atoms with Gasteiger partial charge < -0.3 is 15.0 Å². The molecular formula is C17H24N2O3. The van der Waals surface area contributed by atoms with Crippen molar-refractivity contribution in [3.63, 3.8) is 0 Å². The number of anilines is 1. The van der Waals surface area contributed by atoms with Gasteiger partial charge >= 0.3 is 0 Å². The van der Waals surface area contributed by atoms with E-state index in [2.05, 4.69) is 5.32 Å². The molecule has 0 radical (unpaired) electrons. The molecule has 1 heterocycles. The predicted octanol–water partition coefficient (Wildman–Crippen LogP) is 2.67. The molecule has 0 saturated carbocycles. The van der Waals surface area contributed by atoms with Crippen LogP contribution in [-0.2, 0) is 9.59 Å². The van der Waals surface area contributed by atoms with Gasteiger partial charge in [0, 0.05) is 25.4 Å². The molecule has 0 spiro atoms. The monoisotopic (exact) mass is 304 g/mol. The summed E-state index contributed by atoms with van der Waals surface area (Å²) in [6.45, 7) is 5.67. The minimum atomic E-state index is -0.0458. The minimum absolute atomic E-state index is 0.00995. The molecule has 1 saturated heterocycles. The first-order valence-corrected chi connectivity index (χ1v) is 7.96. The first kappa shape index (κ1) is 16.3. The van der Waals surface area contributed by atoms with Gasteiger partial charge in [0.2, 0.25) is 11.8 Å². The average Bonchev–Trinajstić information content (AvgIpc) is 2.56. The fourth-order valence-corrected chi connectivity index (χ4v) is 2.70. The van der Waals surface area contributed by atoms with Crippen molar-refractivity contribution < 1.29 is 14.3 Å². The standard InChI is InChI=1S/C17H24N2O3/c1-3-16(20)19-11-9-13(10-12-19)17(21)18-14-7-5-6-8-15(14)22-4-2/h5-8,13H,3-4,9-12H2,1-2H3,(H,18,21). The Balaban J connectivity index is 1.92. The Hall–Kier alpha value is -2.04. The number of benzene rings is 1. The highest BCUT2D eigenvalue weighted by molar-refractivity contribution is 5.94. The topological polar surface area (TPSA) is 58.6 Å². The summed E-state index contributed by atoms with van der Waals surface area (Å²) in [6, 6.07) is 7.45. The van der Waals surface area contributed by atoms with Crippen molar-refractivity contribution in [1.82, 2.24) is 4.90 Å². The molecule has 1 aliphatic rings. The van der Waals surface area contributed by atoms with Crippen molar-refractivity contribution >= 4 is 17.5 Å². The van der Waals surface area contributed by atoms with E-state index in [1.54, 1.807) is 0 Å². The molecule has 5 heteroatoms. The summed E-state index contributed by atoms with van der Waals surface area (Å²) in [7, 11) is 0. The predicted molar refractivity (Wildman–Crippen MR) is 85.8 cm³/mol. The van der Waals surface area contributed by atoms with Crippen molar-refractivity contribution in [1.29, 1.82) is 0 Å². The molecule has 2 rings (SSSR count). The number of rotatable bonds is 5. The van der Waals surface area contributed by atoms with E-state index >= 15 is 0 Å². The normalized spacial score (nSPS) is 15.5. The summed E-state index contributed by atoms with van der Waals surface area (Å²) in [5, 5.41) is 2.96. The Morgan fingerprint density at radius 1 is 1.23 bits per heavy atom. The zero-order chi connectivity index (χ0) is 15.9. The summed E-state index contributed by atoms with van der Waals surface area (Å²) in [4.78, 5) is 25.9. The van der Waals surface area contributed by atoms with Gasteiger partial charge in [0.1, 0.15) is 5.75 Å². The van der Waals surface area contributed by atoms with Crippen molar-refractivity contribution in [2.75, 3.05) is 25.0 Å². The first-order valence-electron chi connectivity index (χ1n) is 7.96. The van der Waals surface area contributed by atoms with Gasteiger partial charge in [-0.15, -0.1) is 0 Å². The molecule has 1 fully saturated rings. The van der Waals surface area contributed by atoms with Gasteiger partial charge in [-0.3, -0.25) is 9.59 Å². The number of likely N-dealkylation sites (tertiary alicyclic amines) is 1. The zero-order valence-corrected chi connectivity index (χ0v) is 13.3. The second-order valence-corrected chi connectivity index (χ2v) is 5.43. The molecule has 120 valence electrons. The van der Waals surface area contributed by atoms with E-state index in [-0.39, 0.29) is 17.7 Å². The number of piperidine rings is 1. The van der Waals surface area contributed by atoms with Gasteiger partial charge in [0.05, 0.1) is 12.3 Å². The molecule has 1 aromatic carbocycles. The van der Waals surface area contributed by atoms with Crippen LogP contribution in [0.3, 0.4) is 0 Å². The summed E-state index contributed by atoms with van der Waals surface area (Å²) in [6.07, 6.45) is 1.96. The van der Waals surface area contributed by atoms with Crippen LogP contribution in [0.2, 0.25) is 0 Å². The van der Waals surface area contributed by atoms with Gasteiger partial charge in [-0.25, -0.2) is 0 Å². The molecule has 0 aromatic heterocycles. The highest BCUT2D eigenvalue weighted by Gasteiger charge is 2.27. The molecule has 1 N–H and O–H groups in total. The smallest absolute Gasteiger partial charge is 0.227 e. The Labute approximate surface area is 131 Å². The van der Waals surface area contributed by atoms with Gasteiger partial charge in [-0.05, 0) is 31.9 Å². The van der Waals surface area contributed by atoms with Gasteiger partial charge in [0.15, 0.2) is 0 Å². The van der Waals surface area contributed by atoms with Crippen LogP contribution >= 0.6 is 0 Å². The lowest BCUT2D eigenvalue weighted by molar-refractivity contribution is -0.134. The third-order valence-electron chi connectivity index (χ3n) is 3.97. The Morgan fingerprint density at radius 3 is 2.55 bits per heavy atom. The molecule has 0 unspecified atom stereocenters. The maximum Gasteiger partial charge on any atom is 0.227 e. The van der Waals surface area contributed by atoms with Crippen molar-refractivity contribution in [3.05, 3.63) is 24.3 Å². The molecule has 5 nitrogen and oxygen atoms in total. The van der Waals surface area contributed by atoms with Crippen molar-refractivity contribution in [2.24, 2.45) is 5.92 Å². The Kier molecular flexibility index (Phi) is 5.81. The number of ether oxygens (including phenoxy) is 1. The Bertz CT molecular complexity index is 522. The number of carbonyl (C=O) groups excluding carboxylic acids is 2. The molecule has 1 aromatic rings. The lowest BCUT2D eigenvalue weighted by atomic mass is 9.95. The minimum Gasteiger partial charge on any atom is -0.492 e. The lowest BCUT2D eigenvalue weighted by Crippen LogP contribution is -2.41. The average molecular weight is 304 g/mol. The molecular weight excluding hydrogens is 280 g/mol. The number of carbonyl (C=O) groups is 2. The molecule has 0 bridgehead atoms. The van der Waals surface area contributed by atoms with Gasteiger partial charge in [-0.1, -0.05) is 19.1 Å². The maximum atomic E-state index is 12.4. The largest absolute Gasteiger partial charge is 0.492 e. The maximum absolute atomic E-state index is 12.4. The second-order valence-electron chi connectivity index (χ2n) is 5.43. The summed E-state index contributed by atoms with van der Waals surface area (Å²) >= 11 is 0. The first-order chi connectivity index (χ1) is 10.7. The number of hydrogen-bond acceptors (Lipinski definition) is 3. The summed E-state index contributed by atoms with van der Waals surface area (Å²) < 4.78 is 5.52. The number of hydrogen-bond donors (Lipinski definition) is 1. The molecule has 0 atom stereocenters. The van der Waals surface area contributed by atoms with Crippen molar-refractivity contribution in [3.8, 4) is 5.75 Å². The molecule has 22 heavy (non-hydrogen) atoms. The van der Waals surface area contributed by atoms with E-state index in [1.165, 1.54) is 0 Å². The van der Waals surface area contributed by atoms with E-state index in [9.17, 15) is 9.59 Å². The molecule has 0 aliphatic carbocycles. The van der Waals surface area contributed by atoms with Gasteiger partial charge in [0.25, 0.3) is 0 Å². The number of para-hydroxylation sites is 2. The highest BCUT2D eigenvalue weighted by Crippen LogP contribution is 2.26. The van der Waals surface area contributed by atoms with Crippen LogP contribution < -0.4 is 10.1 Å². The van der Waals surface area contributed by atoms with Crippen LogP contribution in [0.5, 0.6) is 5.75 Å². The third-order valence-corrected chi connectivity index (χ3v) is 3.97. The van der Waals surface area contributed by atoms with Gasteiger partial charge in [-0.2, -0.15) is 0 Å². The fourth-order valence-electron chi connectivity index (χ4n) is 2.70. The number of nitrogens with one attached hydrogen (secondary N) is 1. The van der Waals surface area contributed by atoms with Crippen molar-refractivity contribution in [2.45, 2.75) is 33.1 Å². The number of amides is 2. The fraction of sp³-hybridized carbons (Fsp3) is 0.529. The lowest BCUT2D eigenvalue weighted by Gasteiger charge is -2.31. The van der Waals surface area contributed by atoms with E-state index in [0.717, 1.165) is 0 Å². The quantitative estimate of drug-likeness (QED) is 0.910. The van der Waals surface area contributed by atoms with E-state index in [4.69, 9.17) is 4.74 Å². The number of nitrogens with zero attached hydrogens (tertiary/aromatic N) is 1. The zero-order valence-electron chi connectivity index (χ0n) is 13.3. The summed E-state index contributed by atoms with van der Waals surface area (Å²) in [5.41, 5.74) is 0.710. The van der Waals surface area contributed by atoms with Crippen LogP contribution in [0.1, 0.15) is 33.1 Å². The van der Waals surface area contributed by atoms with Crippen LogP contribution in [0.15, 0.2) is 24.3 Å². The van der Waals surface area contributed by atoms with E-state index in [0.29, 0.717) is 50.4 Å². The SMILES string of the molecule is CCOc1ccccc1NC(=O)C1CCN(C(=O)CC)CC1. The highest BCUT2D eigenvalue weighted by atomic mass is 16.5. The molecule has 1 aliphatic heterocycles. The summed E-state index contributed by atoms with van der Waals surface area (Å²) in [5.74, 6) is 0.823. The third kappa shape index (κ3) is 4.00. The molecule has 2 amide bonds. The van der Waals surface area contributed by atoms with E-state index in [1.807, 2.05) is 43.0 Å². The van der Waals surface area contributed by atoms with Crippen LogP contribution in [0, 0.1) is 5.92 Å². The van der Waals surface area contributed by atoms with Crippen LogP contribution in [-0.4, -0.2) is 36.4 Å².